The first kappa shape index (κ1) is 17.0. The Hall–Kier alpha value is -2.81. The maximum atomic E-state index is 8.36. The zero-order valence-corrected chi connectivity index (χ0v) is 14.2. The van der Waals surface area contributed by atoms with Crippen molar-refractivity contribution in [3.05, 3.63) is 22.7 Å². The standard InChI is InChI=1S/C15H16N4O2S.CH2O2/c16-15(17)19-9-5-6-10-13(21-7-20-10)12(9)14-18-8-3-1-2-4-11(8)22-14;2-1-3/h5-6H,1-4,7H2,(H4,16,17,19);1H,(H,2,3). The molecule has 5 N–H and O–H groups in total. The van der Waals surface area contributed by atoms with Crippen LogP contribution in [0, 0.1) is 5.41 Å². The average Bonchev–Trinajstić information content (AvgIpc) is 3.21. The minimum absolute atomic E-state index is 0.110. The molecule has 0 saturated heterocycles. The number of carboxylic acid groups (broad SMARTS) is 1. The molecular formula is C16H18N4O4S. The maximum Gasteiger partial charge on any atom is 0.290 e. The van der Waals surface area contributed by atoms with E-state index in [9.17, 15) is 0 Å². The van der Waals surface area contributed by atoms with Gasteiger partial charge in [-0.1, -0.05) is 0 Å². The summed E-state index contributed by atoms with van der Waals surface area (Å²) in [4.78, 5) is 14.5. The second kappa shape index (κ2) is 7.39. The number of thiazole rings is 1. The highest BCUT2D eigenvalue weighted by molar-refractivity contribution is 7.15. The highest BCUT2D eigenvalue weighted by Gasteiger charge is 2.26. The third-order valence-corrected chi connectivity index (χ3v) is 5.04. The second-order valence-corrected chi connectivity index (χ2v) is 6.55. The molecule has 4 rings (SSSR count). The predicted molar refractivity (Wildman–Crippen MR) is 94.5 cm³/mol. The third kappa shape index (κ3) is 3.50. The van der Waals surface area contributed by atoms with Crippen LogP contribution in [0.2, 0.25) is 0 Å². The van der Waals surface area contributed by atoms with Crippen molar-refractivity contribution in [1.82, 2.24) is 4.98 Å². The molecule has 0 radical (unpaired) electrons. The number of hydrogen-bond acceptors (Lipinski definition) is 6. The first-order chi connectivity index (χ1) is 12.1. The topological polar surface area (TPSA) is 131 Å². The minimum Gasteiger partial charge on any atom is -0.483 e. The van der Waals surface area contributed by atoms with Gasteiger partial charge in [0.1, 0.15) is 5.01 Å². The van der Waals surface area contributed by atoms with E-state index >= 15 is 0 Å². The molecule has 0 unspecified atom stereocenters. The van der Waals surface area contributed by atoms with Gasteiger partial charge in [0.2, 0.25) is 6.79 Å². The van der Waals surface area contributed by atoms with E-state index in [1.165, 1.54) is 23.4 Å². The molecule has 1 aliphatic heterocycles. The van der Waals surface area contributed by atoms with Gasteiger partial charge in [-0.05, 0) is 37.8 Å². The molecule has 0 bridgehead atoms. The van der Waals surface area contributed by atoms with E-state index in [2.05, 4.69) is 5.32 Å². The largest absolute Gasteiger partial charge is 0.483 e. The molecule has 2 aromatic rings. The molecule has 132 valence electrons. The number of nitrogens with one attached hydrogen (secondary N) is 2. The number of ether oxygens (including phenoxy) is 2. The molecule has 1 aromatic carbocycles. The van der Waals surface area contributed by atoms with Crippen LogP contribution < -0.4 is 20.5 Å². The summed E-state index contributed by atoms with van der Waals surface area (Å²) in [6.45, 7) is -0.0447. The lowest BCUT2D eigenvalue weighted by molar-refractivity contribution is -0.122. The fourth-order valence-electron chi connectivity index (χ4n) is 2.89. The van der Waals surface area contributed by atoms with E-state index in [4.69, 9.17) is 35.5 Å². The summed E-state index contributed by atoms with van der Waals surface area (Å²) < 4.78 is 11.1. The summed E-state index contributed by atoms with van der Waals surface area (Å²) in [7, 11) is 0. The van der Waals surface area contributed by atoms with Gasteiger partial charge in [-0.3, -0.25) is 10.2 Å². The van der Waals surface area contributed by atoms with Gasteiger partial charge in [-0.25, -0.2) is 4.98 Å². The number of carbonyl (C=O) groups is 1. The van der Waals surface area contributed by atoms with Gasteiger partial charge in [0.05, 0.1) is 16.9 Å². The summed E-state index contributed by atoms with van der Waals surface area (Å²) in [6.07, 6.45) is 4.55. The number of benzene rings is 1. The lowest BCUT2D eigenvalue weighted by Crippen LogP contribution is -2.20. The molecule has 8 nitrogen and oxygen atoms in total. The zero-order chi connectivity index (χ0) is 17.8. The monoisotopic (exact) mass is 362 g/mol. The molecule has 0 saturated carbocycles. The Morgan fingerprint density at radius 1 is 1.36 bits per heavy atom. The van der Waals surface area contributed by atoms with Crippen molar-refractivity contribution in [2.45, 2.75) is 25.7 Å². The van der Waals surface area contributed by atoms with Gasteiger partial charge in [0, 0.05) is 4.88 Å². The highest BCUT2D eigenvalue weighted by atomic mass is 32.1. The summed E-state index contributed by atoms with van der Waals surface area (Å²) in [5, 5.41) is 18.2. The van der Waals surface area contributed by atoms with Gasteiger partial charge in [0.15, 0.2) is 17.5 Å². The van der Waals surface area contributed by atoms with Crippen molar-refractivity contribution in [2.24, 2.45) is 5.73 Å². The molecule has 0 atom stereocenters. The lowest BCUT2D eigenvalue weighted by atomic mass is 10.0. The molecule has 25 heavy (non-hydrogen) atoms. The second-order valence-electron chi connectivity index (χ2n) is 5.46. The van der Waals surface area contributed by atoms with Crippen LogP contribution in [-0.2, 0) is 17.6 Å². The van der Waals surface area contributed by atoms with Gasteiger partial charge in [-0.15, -0.1) is 11.3 Å². The number of aromatic nitrogens is 1. The van der Waals surface area contributed by atoms with E-state index < -0.39 is 0 Å². The highest BCUT2D eigenvalue weighted by Crippen LogP contribution is 2.47. The number of aryl methyl sites for hydroxylation is 2. The smallest absolute Gasteiger partial charge is 0.290 e. The van der Waals surface area contributed by atoms with Crippen LogP contribution in [0.4, 0.5) is 5.69 Å². The van der Waals surface area contributed by atoms with Crippen LogP contribution >= 0.6 is 11.3 Å². The number of nitrogens with zero attached hydrogens (tertiary/aromatic N) is 1. The minimum atomic E-state index is -0.250. The van der Waals surface area contributed by atoms with Crippen LogP contribution in [0.5, 0.6) is 11.5 Å². The Kier molecular flexibility index (Phi) is 5.03. The van der Waals surface area contributed by atoms with Crippen LogP contribution in [-0.4, -0.2) is 29.3 Å². The predicted octanol–water partition coefficient (Wildman–Crippen LogP) is 2.42. The van der Waals surface area contributed by atoms with Crippen molar-refractivity contribution in [2.75, 3.05) is 12.1 Å². The summed E-state index contributed by atoms with van der Waals surface area (Å²) >= 11 is 1.70. The number of fused-ring (bicyclic) bond motifs is 2. The van der Waals surface area contributed by atoms with Crippen molar-refractivity contribution in [1.29, 1.82) is 5.41 Å². The Morgan fingerprint density at radius 3 is 2.84 bits per heavy atom. The first-order valence-electron chi connectivity index (χ1n) is 7.74. The van der Waals surface area contributed by atoms with Crippen molar-refractivity contribution < 1.29 is 19.4 Å². The van der Waals surface area contributed by atoms with Gasteiger partial charge < -0.3 is 25.6 Å². The Bertz CT molecular complexity index is 782. The van der Waals surface area contributed by atoms with Crippen LogP contribution in [0.3, 0.4) is 0 Å². The Labute approximate surface area is 148 Å². The number of rotatable bonds is 2. The molecule has 0 spiro atoms. The normalized spacial score (nSPS) is 14.1. The van der Waals surface area contributed by atoms with Crippen LogP contribution in [0.15, 0.2) is 12.1 Å². The molecule has 2 aliphatic rings. The fraction of sp³-hybridized carbons (Fsp3) is 0.312. The van der Waals surface area contributed by atoms with Gasteiger partial charge >= 0.3 is 0 Å². The van der Waals surface area contributed by atoms with E-state index in [1.54, 1.807) is 11.3 Å². The number of nitrogens with two attached hydrogens (primary N) is 1. The molecule has 1 aliphatic carbocycles. The van der Waals surface area contributed by atoms with Crippen LogP contribution in [0.1, 0.15) is 23.4 Å². The van der Waals surface area contributed by atoms with E-state index in [0.717, 1.165) is 29.1 Å². The maximum absolute atomic E-state index is 8.36. The molecule has 9 heteroatoms. The average molecular weight is 362 g/mol. The van der Waals surface area contributed by atoms with Crippen LogP contribution in [0.25, 0.3) is 10.6 Å². The van der Waals surface area contributed by atoms with E-state index in [0.29, 0.717) is 11.5 Å². The number of hydrogen-bond donors (Lipinski definition) is 4. The summed E-state index contributed by atoms with van der Waals surface area (Å²) in [5.41, 5.74) is 8.25. The summed E-state index contributed by atoms with van der Waals surface area (Å²) in [5.74, 6) is 1.27. The Morgan fingerprint density at radius 2 is 2.12 bits per heavy atom. The lowest BCUT2D eigenvalue weighted by Gasteiger charge is -2.11. The van der Waals surface area contributed by atoms with Gasteiger partial charge in [0.25, 0.3) is 6.47 Å². The van der Waals surface area contributed by atoms with Crippen molar-refractivity contribution >= 4 is 29.5 Å². The molecule has 1 aromatic heterocycles. The third-order valence-electron chi connectivity index (χ3n) is 3.87. The first-order valence-corrected chi connectivity index (χ1v) is 8.56. The molecule has 2 heterocycles. The number of anilines is 1. The Balaban J connectivity index is 0.000000569. The quantitative estimate of drug-likeness (QED) is 0.366. The molecule has 0 fully saturated rings. The number of guanidine groups is 1. The molecule has 0 amide bonds. The fourth-order valence-corrected chi connectivity index (χ4v) is 4.10. The van der Waals surface area contributed by atoms with Crippen molar-refractivity contribution in [3.8, 4) is 22.1 Å². The molecular weight excluding hydrogens is 344 g/mol. The van der Waals surface area contributed by atoms with E-state index in [1.807, 2.05) is 12.1 Å². The van der Waals surface area contributed by atoms with E-state index in [-0.39, 0.29) is 19.2 Å². The SMILES string of the molecule is N=C(N)Nc1ccc2c(c1-c1nc3c(s1)CCCC3)OCO2.O=CO. The van der Waals surface area contributed by atoms with Gasteiger partial charge in [-0.2, -0.15) is 0 Å². The zero-order valence-electron chi connectivity index (χ0n) is 13.4. The van der Waals surface area contributed by atoms with Crippen molar-refractivity contribution in [3.63, 3.8) is 0 Å². The summed E-state index contributed by atoms with van der Waals surface area (Å²) in [6, 6.07) is 3.68.